The largest absolute Gasteiger partial charge is 0.507 e. The number of esters is 1. The van der Waals surface area contributed by atoms with Gasteiger partial charge in [0.15, 0.2) is 0 Å². The first-order valence-electron chi connectivity index (χ1n) is 12.8. The summed E-state index contributed by atoms with van der Waals surface area (Å²) in [4.78, 5) is 50.5. The van der Waals surface area contributed by atoms with Crippen molar-refractivity contribution in [1.29, 1.82) is 0 Å². The zero-order valence-electron chi connectivity index (χ0n) is 22.4. The SMILES string of the molecule is CCN(CC)c1ccc2cc(C(=O)NCCOc3ccc(C(=O)Oc4ccc(C(=O)O)c(O)c4)cc3)c(=O)oc2c1. The Bertz CT molecular complexity index is 1640. The summed E-state index contributed by atoms with van der Waals surface area (Å²) in [5.74, 6) is -2.72. The maximum Gasteiger partial charge on any atom is 0.349 e. The second-order valence-corrected chi connectivity index (χ2v) is 8.84. The summed E-state index contributed by atoms with van der Waals surface area (Å²) in [6.07, 6.45) is 0. The van der Waals surface area contributed by atoms with Crippen molar-refractivity contribution >= 4 is 34.5 Å². The number of phenols is 1. The third-order valence-electron chi connectivity index (χ3n) is 6.25. The summed E-state index contributed by atoms with van der Waals surface area (Å²) in [6, 6.07) is 16.4. The first-order valence-corrected chi connectivity index (χ1v) is 12.8. The predicted molar refractivity (Wildman–Crippen MR) is 150 cm³/mol. The van der Waals surface area contributed by atoms with Gasteiger partial charge in [0.2, 0.25) is 0 Å². The van der Waals surface area contributed by atoms with Crippen LogP contribution >= 0.6 is 0 Å². The highest BCUT2D eigenvalue weighted by molar-refractivity contribution is 5.97. The average Bonchev–Trinajstić information content (AvgIpc) is 2.95. The zero-order chi connectivity index (χ0) is 29.5. The summed E-state index contributed by atoms with van der Waals surface area (Å²) in [6.45, 7) is 5.89. The number of anilines is 1. The van der Waals surface area contributed by atoms with E-state index in [2.05, 4.69) is 10.2 Å². The molecule has 0 spiro atoms. The molecule has 3 N–H and O–H groups in total. The van der Waals surface area contributed by atoms with E-state index in [1.807, 2.05) is 26.0 Å². The number of aromatic carboxylic acids is 1. The van der Waals surface area contributed by atoms with Gasteiger partial charge in [-0.05, 0) is 68.4 Å². The number of carboxylic acid groups (broad SMARTS) is 1. The van der Waals surface area contributed by atoms with Crippen LogP contribution in [0, 0.1) is 0 Å². The molecule has 1 amide bonds. The van der Waals surface area contributed by atoms with Gasteiger partial charge in [0.25, 0.3) is 5.91 Å². The van der Waals surface area contributed by atoms with Crippen molar-refractivity contribution < 1.29 is 38.5 Å². The summed E-state index contributed by atoms with van der Waals surface area (Å²) >= 11 is 0. The zero-order valence-corrected chi connectivity index (χ0v) is 22.4. The second-order valence-electron chi connectivity index (χ2n) is 8.84. The van der Waals surface area contributed by atoms with Crippen molar-refractivity contribution in [2.75, 3.05) is 31.1 Å². The first kappa shape index (κ1) is 28.7. The Morgan fingerprint density at radius 1 is 0.902 bits per heavy atom. The van der Waals surface area contributed by atoms with Gasteiger partial charge < -0.3 is 34.3 Å². The first-order chi connectivity index (χ1) is 19.7. The van der Waals surface area contributed by atoms with Crippen LogP contribution in [0.3, 0.4) is 0 Å². The van der Waals surface area contributed by atoms with Gasteiger partial charge in [-0.2, -0.15) is 0 Å². The number of rotatable bonds is 11. The lowest BCUT2D eigenvalue weighted by molar-refractivity contribution is 0.0693. The van der Waals surface area contributed by atoms with Gasteiger partial charge in [-0.3, -0.25) is 4.79 Å². The van der Waals surface area contributed by atoms with E-state index in [9.17, 15) is 24.3 Å². The van der Waals surface area contributed by atoms with Crippen LogP contribution in [0.4, 0.5) is 5.69 Å². The standard InChI is InChI=1S/C30H28N2O9/c1-3-32(4-2)20-8-5-19-15-24(30(38)41-26(19)16-20)27(34)31-13-14-39-21-9-6-18(7-10-21)29(37)40-22-11-12-23(28(35)36)25(33)17-22/h5-12,15-17,33H,3-4,13-14H2,1-2H3,(H,31,34)(H,35,36). The molecule has 0 saturated carbocycles. The molecule has 11 nitrogen and oxygen atoms in total. The van der Waals surface area contributed by atoms with Gasteiger partial charge in [0, 0.05) is 36.3 Å². The minimum absolute atomic E-state index is 0.0154. The van der Waals surface area contributed by atoms with Gasteiger partial charge in [-0.1, -0.05) is 0 Å². The van der Waals surface area contributed by atoms with Crippen LogP contribution in [-0.2, 0) is 0 Å². The monoisotopic (exact) mass is 560 g/mol. The van der Waals surface area contributed by atoms with Crippen molar-refractivity contribution in [3.05, 3.63) is 93.8 Å². The van der Waals surface area contributed by atoms with E-state index in [1.165, 1.54) is 36.4 Å². The van der Waals surface area contributed by atoms with E-state index in [4.69, 9.17) is 19.0 Å². The van der Waals surface area contributed by atoms with Crippen LogP contribution in [0.15, 0.2) is 75.9 Å². The fourth-order valence-electron chi connectivity index (χ4n) is 4.08. The topological polar surface area (TPSA) is 156 Å². The molecule has 0 saturated heterocycles. The lowest BCUT2D eigenvalue weighted by atomic mass is 10.1. The molecule has 1 aromatic heterocycles. The number of ether oxygens (including phenoxy) is 2. The smallest absolute Gasteiger partial charge is 0.349 e. The average molecular weight is 561 g/mol. The van der Waals surface area contributed by atoms with Crippen molar-refractivity contribution in [3.63, 3.8) is 0 Å². The minimum Gasteiger partial charge on any atom is -0.507 e. The molecule has 212 valence electrons. The number of carbonyl (C=O) groups is 3. The van der Waals surface area contributed by atoms with Gasteiger partial charge in [0.05, 0.1) is 12.1 Å². The van der Waals surface area contributed by atoms with E-state index in [1.54, 1.807) is 6.07 Å². The number of nitrogens with zero attached hydrogens (tertiary/aromatic N) is 1. The van der Waals surface area contributed by atoms with Gasteiger partial charge in [0.1, 0.15) is 40.6 Å². The second kappa shape index (κ2) is 12.7. The third kappa shape index (κ3) is 6.82. The van der Waals surface area contributed by atoms with Gasteiger partial charge in [-0.15, -0.1) is 0 Å². The normalized spacial score (nSPS) is 10.7. The quantitative estimate of drug-likeness (QED) is 0.106. The maximum atomic E-state index is 12.6. The van der Waals surface area contributed by atoms with Gasteiger partial charge in [-0.25, -0.2) is 14.4 Å². The molecule has 0 radical (unpaired) electrons. The van der Waals surface area contributed by atoms with Crippen LogP contribution < -0.4 is 25.3 Å². The molecular weight excluding hydrogens is 532 g/mol. The van der Waals surface area contributed by atoms with E-state index < -0.39 is 29.2 Å². The highest BCUT2D eigenvalue weighted by atomic mass is 16.5. The Kier molecular flexibility index (Phi) is 8.88. The fraction of sp³-hybridized carbons (Fsp3) is 0.200. The Hall–Kier alpha value is -5.32. The number of fused-ring (bicyclic) bond motifs is 1. The molecule has 4 rings (SSSR count). The lowest BCUT2D eigenvalue weighted by Gasteiger charge is -2.21. The third-order valence-corrected chi connectivity index (χ3v) is 6.25. The summed E-state index contributed by atoms with van der Waals surface area (Å²) in [7, 11) is 0. The van der Waals surface area contributed by atoms with Crippen molar-refractivity contribution in [2.24, 2.45) is 0 Å². The Balaban J connectivity index is 1.29. The maximum absolute atomic E-state index is 12.6. The number of amides is 1. The van der Waals surface area contributed by atoms with Gasteiger partial charge >= 0.3 is 17.6 Å². The Labute approximate surface area is 234 Å². The number of benzene rings is 3. The number of aromatic hydroxyl groups is 1. The number of carbonyl (C=O) groups excluding carboxylic acids is 2. The molecule has 0 aliphatic heterocycles. The van der Waals surface area contributed by atoms with E-state index in [0.29, 0.717) is 16.7 Å². The van der Waals surface area contributed by atoms with Crippen molar-refractivity contribution in [3.8, 4) is 17.2 Å². The van der Waals surface area contributed by atoms with Crippen LogP contribution in [0.25, 0.3) is 11.0 Å². The van der Waals surface area contributed by atoms with Crippen molar-refractivity contribution in [1.82, 2.24) is 5.32 Å². The highest BCUT2D eigenvalue weighted by Gasteiger charge is 2.16. The predicted octanol–water partition coefficient (Wildman–Crippen LogP) is 4.07. The molecule has 11 heteroatoms. The van der Waals surface area contributed by atoms with Crippen LogP contribution in [-0.4, -0.2) is 54.3 Å². The fourth-order valence-corrected chi connectivity index (χ4v) is 4.08. The molecule has 0 atom stereocenters. The van der Waals surface area contributed by atoms with E-state index in [-0.39, 0.29) is 35.6 Å². The minimum atomic E-state index is -1.31. The summed E-state index contributed by atoms with van der Waals surface area (Å²) in [5.41, 5.74) is 0.371. The van der Waals surface area contributed by atoms with Crippen molar-refractivity contribution in [2.45, 2.75) is 13.8 Å². The van der Waals surface area contributed by atoms with E-state index >= 15 is 0 Å². The summed E-state index contributed by atoms with van der Waals surface area (Å²) < 4.78 is 16.2. The summed E-state index contributed by atoms with van der Waals surface area (Å²) in [5, 5.41) is 22.0. The molecule has 0 aliphatic carbocycles. The number of hydrogen-bond acceptors (Lipinski definition) is 9. The Morgan fingerprint density at radius 2 is 1.61 bits per heavy atom. The lowest BCUT2D eigenvalue weighted by Crippen LogP contribution is -2.31. The molecule has 4 aromatic rings. The van der Waals surface area contributed by atoms with Crippen LogP contribution in [0.5, 0.6) is 17.2 Å². The Morgan fingerprint density at radius 3 is 2.27 bits per heavy atom. The number of carboxylic acids is 1. The van der Waals surface area contributed by atoms with Crippen LogP contribution in [0.2, 0.25) is 0 Å². The molecule has 0 fully saturated rings. The number of nitrogens with one attached hydrogen (secondary N) is 1. The molecule has 0 bridgehead atoms. The van der Waals surface area contributed by atoms with Crippen LogP contribution in [0.1, 0.15) is 44.9 Å². The molecule has 1 heterocycles. The molecule has 41 heavy (non-hydrogen) atoms. The molecule has 0 unspecified atom stereocenters. The molecule has 0 aliphatic rings. The molecule has 3 aromatic carbocycles. The molecular formula is C30H28N2O9. The highest BCUT2D eigenvalue weighted by Crippen LogP contribution is 2.25. The van der Waals surface area contributed by atoms with E-state index in [0.717, 1.165) is 30.9 Å². The number of hydrogen-bond donors (Lipinski definition) is 3.